The molecule has 124 valence electrons. The number of pyridine rings is 1. The van der Waals surface area contributed by atoms with Crippen molar-refractivity contribution in [2.45, 2.75) is 26.8 Å². The summed E-state index contributed by atoms with van der Waals surface area (Å²) in [5.74, 6) is 1.09. The van der Waals surface area contributed by atoms with Crippen molar-refractivity contribution in [1.29, 1.82) is 0 Å². The van der Waals surface area contributed by atoms with Crippen molar-refractivity contribution >= 4 is 5.95 Å². The van der Waals surface area contributed by atoms with Crippen molar-refractivity contribution in [3.8, 4) is 5.82 Å². The van der Waals surface area contributed by atoms with E-state index in [0.29, 0.717) is 18.3 Å². The molecule has 3 rings (SSSR count). The van der Waals surface area contributed by atoms with Crippen molar-refractivity contribution in [2.24, 2.45) is 0 Å². The van der Waals surface area contributed by atoms with Crippen LogP contribution in [0.5, 0.6) is 0 Å². The molecular weight excluding hydrogens is 314 g/mol. The molecule has 3 aromatic heterocycles. The van der Waals surface area contributed by atoms with Crippen LogP contribution in [0.2, 0.25) is 0 Å². The number of hydrogen-bond donors (Lipinski definition) is 1. The summed E-state index contributed by atoms with van der Waals surface area (Å²) in [6.45, 7) is 4.25. The van der Waals surface area contributed by atoms with Crippen LogP contribution in [0, 0.1) is 13.8 Å². The average molecular weight is 330 g/mol. The Morgan fingerprint density at radius 2 is 2.00 bits per heavy atom. The van der Waals surface area contributed by atoms with Crippen LogP contribution < -0.4 is 5.32 Å². The molecule has 0 bridgehead atoms. The zero-order chi connectivity index (χ0) is 17.1. The summed E-state index contributed by atoms with van der Waals surface area (Å²) in [7, 11) is 0. The van der Waals surface area contributed by atoms with Crippen LogP contribution in [0.1, 0.15) is 29.1 Å². The molecule has 8 heteroatoms. The topological polar surface area (TPSA) is 68.5 Å². The monoisotopic (exact) mass is 330 g/mol. The summed E-state index contributed by atoms with van der Waals surface area (Å²) in [6.07, 6.45) is 0.492. The number of aromatic nitrogens is 5. The number of alkyl halides is 2. The molecule has 0 amide bonds. The maximum absolute atomic E-state index is 12.5. The molecular formula is C16H16F2N6. The zero-order valence-corrected chi connectivity index (χ0v) is 13.2. The number of aryl methyl sites for hydroxylation is 2. The largest absolute Gasteiger partial charge is 0.350 e. The fourth-order valence-electron chi connectivity index (χ4n) is 2.26. The summed E-state index contributed by atoms with van der Waals surface area (Å²) in [5.41, 5.74) is 2.41. The lowest BCUT2D eigenvalue weighted by atomic mass is 10.2. The molecule has 3 heterocycles. The van der Waals surface area contributed by atoms with Gasteiger partial charge < -0.3 is 5.32 Å². The summed E-state index contributed by atoms with van der Waals surface area (Å²) in [6, 6.07) is 6.65. The maximum atomic E-state index is 12.5. The summed E-state index contributed by atoms with van der Waals surface area (Å²) < 4.78 is 26.7. The van der Waals surface area contributed by atoms with Crippen LogP contribution in [0.4, 0.5) is 14.7 Å². The number of rotatable bonds is 5. The Labute approximate surface area is 137 Å². The maximum Gasteiger partial charge on any atom is 0.280 e. The highest BCUT2D eigenvalue weighted by Gasteiger charge is 2.09. The minimum absolute atomic E-state index is 0.235. The number of nitrogens with zero attached hydrogens (tertiary/aromatic N) is 5. The molecule has 0 radical (unpaired) electrons. The van der Waals surface area contributed by atoms with Gasteiger partial charge in [-0.15, -0.1) is 0 Å². The fourth-order valence-corrected chi connectivity index (χ4v) is 2.26. The second-order valence-electron chi connectivity index (χ2n) is 5.32. The van der Waals surface area contributed by atoms with E-state index in [4.69, 9.17) is 0 Å². The highest BCUT2D eigenvalue weighted by Crippen LogP contribution is 2.16. The van der Waals surface area contributed by atoms with Gasteiger partial charge in [-0.25, -0.2) is 18.4 Å². The van der Waals surface area contributed by atoms with E-state index in [9.17, 15) is 8.78 Å². The van der Waals surface area contributed by atoms with E-state index in [0.717, 1.165) is 17.0 Å². The van der Waals surface area contributed by atoms with Gasteiger partial charge in [-0.1, -0.05) is 6.07 Å². The molecule has 1 N–H and O–H groups in total. The van der Waals surface area contributed by atoms with Gasteiger partial charge in [0.2, 0.25) is 5.95 Å². The Balaban J connectivity index is 1.72. The lowest BCUT2D eigenvalue weighted by molar-refractivity contribution is 0.146. The molecule has 0 aliphatic carbocycles. The van der Waals surface area contributed by atoms with Gasteiger partial charge in [0, 0.05) is 30.7 Å². The van der Waals surface area contributed by atoms with E-state index >= 15 is 0 Å². The summed E-state index contributed by atoms with van der Waals surface area (Å²) >= 11 is 0. The molecule has 6 nitrogen and oxygen atoms in total. The summed E-state index contributed by atoms with van der Waals surface area (Å²) in [4.78, 5) is 12.3. The first-order valence-corrected chi connectivity index (χ1v) is 7.36. The van der Waals surface area contributed by atoms with Gasteiger partial charge in [0.15, 0.2) is 5.82 Å². The normalized spacial score (nSPS) is 11.0. The van der Waals surface area contributed by atoms with Crippen molar-refractivity contribution in [2.75, 3.05) is 5.32 Å². The van der Waals surface area contributed by atoms with Crippen LogP contribution in [-0.4, -0.2) is 24.7 Å². The lowest BCUT2D eigenvalue weighted by Crippen LogP contribution is -2.08. The molecule has 3 aromatic rings. The van der Waals surface area contributed by atoms with Gasteiger partial charge >= 0.3 is 0 Å². The summed E-state index contributed by atoms with van der Waals surface area (Å²) in [5, 5.41) is 7.44. The van der Waals surface area contributed by atoms with E-state index < -0.39 is 6.43 Å². The number of anilines is 1. The highest BCUT2D eigenvalue weighted by atomic mass is 19.3. The lowest BCUT2D eigenvalue weighted by Gasteiger charge is -2.08. The van der Waals surface area contributed by atoms with Gasteiger partial charge in [0.05, 0.1) is 5.69 Å². The molecule has 0 saturated heterocycles. The Morgan fingerprint density at radius 3 is 2.62 bits per heavy atom. The minimum atomic E-state index is -2.56. The van der Waals surface area contributed by atoms with Crippen molar-refractivity contribution in [3.63, 3.8) is 0 Å². The van der Waals surface area contributed by atoms with E-state index in [2.05, 4.69) is 25.4 Å². The van der Waals surface area contributed by atoms with Gasteiger partial charge in [-0.05, 0) is 31.5 Å². The predicted molar refractivity (Wildman–Crippen MR) is 85.1 cm³/mol. The smallest absolute Gasteiger partial charge is 0.280 e. The van der Waals surface area contributed by atoms with E-state index in [1.165, 1.54) is 12.3 Å². The highest BCUT2D eigenvalue weighted by molar-refractivity contribution is 5.34. The van der Waals surface area contributed by atoms with E-state index in [-0.39, 0.29) is 5.69 Å². The second-order valence-corrected chi connectivity index (χ2v) is 5.32. The Morgan fingerprint density at radius 1 is 1.17 bits per heavy atom. The molecule has 24 heavy (non-hydrogen) atoms. The van der Waals surface area contributed by atoms with Crippen LogP contribution in [0.3, 0.4) is 0 Å². The molecule has 0 aromatic carbocycles. The van der Waals surface area contributed by atoms with E-state index in [1.807, 2.05) is 19.9 Å². The van der Waals surface area contributed by atoms with Gasteiger partial charge in [0.25, 0.3) is 6.43 Å². The fraction of sp³-hybridized carbons (Fsp3) is 0.250. The third-order valence-corrected chi connectivity index (χ3v) is 3.39. The first-order chi connectivity index (χ1) is 11.5. The third-order valence-electron chi connectivity index (χ3n) is 3.39. The number of halogens is 2. The van der Waals surface area contributed by atoms with Crippen molar-refractivity contribution in [3.05, 3.63) is 59.3 Å². The van der Waals surface area contributed by atoms with Crippen molar-refractivity contribution in [1.82, 2.24) is 24.7 Å². The van der Waals surface area contributed by atoms with Crippen LogP contribution in [0.15, 0.2) is 36.7 Å². The second kappa shape index (κ2) is 6.69. The molecule has 0 fully saturated rings. The number of hydrogen-bond acceptors (Lipinski definition) is 5. The molecule has 0 spiro atoms. The number of nitrogens with one attached hydrogen (secondary N) is 1. The molecule has 0 atom stereocenters. The molecule has 0 aliphatic heterocycles. The molecule has 0 aliphatic rings. The Kier molecular flexibility index (Phi) is 4.45. The SMILES string of the molecule is Cc1cc(C)n(-c2ccnc(NCc3ccc(C(F)F)nc3)n2)n1. The van der Waals surface area contributed by atoms with Crippen LogP contribution >= 0.6 is 0 Å². The van der Waals surface area contributed by atoms with Crippen LogP contribution in [0.25, 0.3) is 5.82 Å². The van der Waals surface area contributed by atoms with Gasteiger partial charge in [-0.3, -0.25) is 4.98 Å². The minimum Gasteiger partial charge on any atom is -0.350 e. The predicted octanol–water partition coefficient (Wildman–Crippen LogP) is 3.22. The standard InChI is InChI=1S/C16H16F2N6/c1-10-7-11(2)24(23-10)14-5-6-19-16(22-14)21-9-12-3-4-13(15(17)18)20-8-12/h3-8,15H,9H2,1-2H3,(H,19,21,22). The quantitative estimate of drug-likeness (QED) is 0.778. The average Bonchev–Trinajstić information content (AvgIpc) is 2.92. The molecule has 0 unspecified atom stereocenters. The van der Waals surface area contributed by atoms with Gasteiger partial charge in [-0.2, -0.15) is 10.1 Å². The first kappa shape index (κ1) is 16.0. The Hall–Kier alpha value is -2.90. The first-order valence-electron chi connectivity index (χ1n) is 7.36. The third kappa shape index (κ3) is 3.53. The van der Waals surface area contributed by atoms with E-state index in [1.54, 1.807) is 23.0 Å². The zero-order valence-electron chi connectivity index (χ0n) is 13.2. The Bertz CT molecular complexity index is 829. The molecule has 0 saturated carbocycles. The van der Waals surface area contributed by atoms with Gasteiger partial charge in [0.1, 0.15) is 5.69 Å². The van der Waals surface area contributed by atoms with Crippen molar-refractivity contribution < 1.29 is 8.78 Å². The van der Waals surface area contributed by atoms with Crippen LogP contribution in [-0.2, 0) is 6.54 Å².